The SMILES string of the molecule is COc1ccc(CCC(N)c2ccc(Br)o2)cc1. The Morgan fingerprint density at radius 2 is 1.94 bits per heavy atom. The van der Waals surface area contributed by atoms with Crippen LogP contribution in [-0.2, 0) is 6.42 Å². The first-order chi connectivity index (χ1) is 8.69. The van der Waals surface area contributed by atoms with Crippen LogP contribution in [0.15, 0.2) is 45.5 Å². The van der Waals surface area contributed by atoms with Crippen LogP contribution in [0.3, 0.4) is 0 Å². The predicted octanol–water partition coefficient (Wildman–Crippen LogP) is 3.68. The van der Waals surface area contributed by atoms with Gasteiger partial charge in [-0.3, -0.25) is 0 Å². The lowest BCUT2D eigenvalue weighted by atomic mass is 10.0. The number of ether oxygens (including phenoxy) is 1. The lowest BCUT2D eigenvalue weighted by Crippen LogP contribution is -2.10. The zero-order valence-electron chi connectivity index (χ0n) is 10.2. The first kappa shape index (κ1) is 13.2. The van der Waals surface area contributed by atoms with Crippen molar-refractivity contribution in [3.05, 3.63) is 52.4 Å². The van der Waals surface area contributed by atoms with Crippen molar-refractivity contribution in [2.24, 2.45) is 5.73 Å². The van der Waals surface area contributed by atoms with Gasteiger partial charge in [0, 0.05) is 0 Å². The van der Waals surface area contributed by atoms with Crippen molar-refractivity contribution in [3.8, 4) is 5.75 Å². The summed E-state index contributed by atoms with van der Waals surface area (Å²) < 4.78 is 11.3. The topological polar surface area (TPSA) is 48.4 Å². The molecule has 2 aromatic rings. The summed E-state index contributed by atoms with van der Waals surface area (Å²) in [5.74, 6) is 1.69. The molecule has 1 unspecified atom stereocenters. The van der Waals surface area contributed by atoms with Gasteiger partial charge in [-0.25, -0.2) is 0 Å². The van der Waals surface area contributed by atoms with E-state index in [0.29, 0.717) is 0 Å². The monoisotopic (exact) mass is 309 g/mol. The highest BCUT2D eigenvalue weighted by Crippen LogP contribution is 2.22. The molecular formula is C14H16BrNO2. The van der Waals surface area contributed by atoms with Crippen LogP contribution in [-0.4, -0.2) is 7.11 Å². The molecule has 4 heteroatoms. The van der Waals surface area contributed by atoms with Gasteiger partial charge in [0.15, 0.2) is 4.67 Å². The number of methoxy groups -OCH3 is 1. The molecule has 96 valence electrons. The van der Waals surface area contributed by atoms with Gasteiger partial charge < -0.3 is 14.9 Å². The first-order valence-electron chi connectivity index (χ1n) is 5.83. The third-order valence-electron chi connectivity index (χ3n) is 2.86. The number of rotatable bonds is 5. The molecule has 0 spiro atoms. The maximum absolute atomic E-state index is 6.07. The van der Waals surface area contributed by atoms with Crippen molar-refractivity contribution in [2.75, 3.05) is 7.11 Å². The first-order valence-corrected chi connectivity index (χ1v) is 6.62. The van der Waals surface area contributed by atoms with Gasteiger partial charge in [-0.2, -0.15) is 0 Å². The highest BCUT2D eigenvalue weighted by Gasteiger charge is 2.10. The van der Waals surface area contributed by atoms with Gasteiger partial charge in [0.1, 0.15) is 11.5 Å². The van der Waals surface area contributed by atoms with E-state index in [1.54, 1.807) is 7.11 Å². The summed E-state index contributed by atoms with van der Waals surface area (Å²) in [6.45, 7) is 0. The molecule has 0 fully saturated rings. The molecule has 0 saturated heterocycles. The molecule has 0 aliphatic heterocycles. The molecule has 1 aromatic heterocycles. The van der Waals surface area contributed by atoms with Gasteiger partial charge in [0.2, 0.25) is 0 Å². The van der Waals surface area contributed by atoms with E-state index in [0.717, 1.165) is 29.0 Å². The minimum atomic E-state index is -0.0709. The van der Waals surface area contributed by atoms with Gasteiger partial charge in [0.25, 0.3) is 0 Å². The Balaban J connectivity index is 1.90. The van der Waals surface area contributed by atoms with E-state index in [4.69, 9.17) is 14.9 Å². The number of aryl methyl sites for hydroxylation is 1. The molecule has 1 aromatic carbocycles. The summed E-state index contributed by atoms with van der Waals surface area (Å²) in [5.41, 5.74) is 7.32. The standard InChI is InChI=1S/C14H16BrNO2/c1-17-11-5-2-10(3-6-11)4-7-12(16)13-8-9-14(15)18-13/h2-3,5-6,8-9,12H,4,7,16H2,1H3. The number of hydrogen-bond acceptors (Lipinski definition) is 3. The van der Waals surface area contributed by atoms with E-state index >= 15 is 0 Å². The van der Waals surface area contributed by atoms with Crippen LogP contribution in [0.5, 0.6) is 5.75 Å². The number of hydrogen-bond donors (Lipinski definition) is 1. The van der Waals surface area contributed by atoms with Crippen molar-refractivity contribution >= 4 is 15.9 Å². The number of benzene rings is 1. The molecule has 1 heterocycles. The molecule has 2 rings (SSSR count). The highest BCUT2D eigenvalue weighted by molar-refractivity contribution is 9.10. The van der Waals surface area contributed by atoms with Crippen LogP contribution >= 0.6 is 15.9 Å². The minimum Gasteiger partial charge on any atom is -0.497 e. The Kier molecular flexibility index (Phi) is 4.44. The predicted molar refractivity (Wildman–Crippen MR) is 74.7 cm³/mol. The van der Waals surface area contributed by atoms with E-state index in [1.807, 2.05) is 24.3 Å². The summed E-state index contributed by atoms with van der Waals surface area (Å²) in [4.78, 5) is 0. The van der Waals surface area contributed by atoms with E-state index in [1.165, 1.54) is 5.56 Å². The molecular weight excluding hydrogens is 294 g/mol. The largest absolute Gasteiger partial charge is 0.497 e. The van der Waals surface area contributed by atoms with Crippen LogP contribution in [0.25, 0.3) is 0 Å². The average Bonchev–Trinajstić information content (AvgIpc) is 2.83. The van der Waals surface area contributed by atoms with Crippen LogP contribution in [0.2, 0.25) is 0 Å². The third kappa shape index (κ3) is 3.37. The fourth-order valence-corrected chi connectivity index (χ4v) is 2.10. The fraction of sp³-hybridized carbons (Fsp3) is 0.286. The van der Waals surface area contributed by atoms with Crippen LogP contribution in [0.4, 0.5) is 0 Å². The van der Waals surface area contributed by atoms with Gasteiger partial charge in [-0.1, -0.05) is 12.1 Å². The van der Waals surface area contributed by atoms with Crippen molar-refractivity contribution in [3.63, 3.8) is 0 Å². The zero-order valence-corrected chi connectivity index (χ0v) is 11.8. The van der Waals surface area contributed by atoms with E-state index < -0.39 is 0 Å². The summed E-state index contributed by atoms with van der Waals surface area (Å²) in [7, 11) is 1.67. The van der Waals surface area contributed by atoms with Crippen molar-refractivity contribution in [1.29, 1.82) is 0 Å². The molecule has 0 amide bonds. The number of halogens is 1. The molecule has 1 atom stereocenters. The second-order valence-electron chi connectivity index (χ2n) is 4.14. The summed E-state index contributed by atoms with van der Waals surface area (Å²) in [5, 5.41) is 0. The van der Waals surface area contributed by atoms with Crippen LogP contribution < -0.4 is 10.5 Å². The van der Waals surface area contributed by atoms with E-state index in [-0.39, 0.29) is 6.04 Å². The van der Waals surface area contributed by atoms with Crippen molar-refractivity contribution < 1.29 is 9.15 Å². The molecule has 0 saturated carbocycles. The molecule has 0 bridgehead atoms. The van der Waals surface area contributed by atoms with Gasteiger partial charge >= 0.3 is 0 Å². The van der Waals surface area contributed by atoms with E-state index in [2.05, 4.69) is 28.1 Å². The molecule has 3 nitrogen and oxygen atoms in total. The number of nitrogens with two attached hydrogens (primary N) is 1. The average molecular weight is 310 g/mol. The normalized spacial score (nSPS) is 12.4. The highest BCUT2D eigenvalue weighted by atomic mass is 79.9. The van der Waals surface area contributed by atoms with Crippen molar-refractivity contribution in [2.45, 2.75) is 18.9 Å². The second kappa shape index (κ2) is 6.07. The Morgan fingerprint density at radius 3 is 2.50 bits per heavy atom. The second-order valence-corrected chi connectivity index (χ2v) is 4.92. The lowest BCUT2D eigenvalue weighted by molar-refractivity contribution is 0.414. The minimum absolute atomic E-state index is 0.0709. The van der Waals surface area contributed by atoms with Gasteiger partial charge in [-0.15, -0.1) is 0 Å². The molecule has 2 N–H and O–H groups in total. The summed E-state index contributed by atoms with van der Waals surface area (Å²) in [6, 6.07) is 11.7. The Labute approximate surface area is 115 Å². The van der Waals surface area contributed by atoms with E-state index in [9.17, 15) is 0 Å². The summed E-state index contributed by atoms with van der Waals surface area (Å²) >= 11 is 3.28. The number of furan rings is 1. The third-order valence-corrected chi connectivity index (χ3v) is 3.29. The fourth-order valence-electron chi connectivity index (χ4n) is 1.78. The Morgan fingerprint density at radius 1 is 1.22 bits per heavy atom. The van der Waals surface area contributed by atoms with Crippen LogP contribution in [0, 0.1) is 0 Å². The Bertz CT molecular complexity index is 493. The molecule has 0 aliphatic rings. The maximum Gasteiger partial charge on any atom is 0.169 e. The van der Waals surface area contributed by atoms with Gasteiger partial charge in [-0.05, 0) is 58.6 Å². The smallest absolute Gasteiger partial charge is 0.169 e. The van der Waals surface area contributed by atoms with Crippen LogP contribution in [0.1, 0.15) is 23.8 Å². The molecule has 18 heavy (non-hydrogen) atoms. The Hall–Kier alpha value is -1.26. The molecule has 0 radical (unpaired) electrons. The van der Waals surface area contributed by atoms with Crippen molar-refractivity contribution in [1.82, 2.24) is 0 Å². The summed E-state index contributed by atoms with van der Waals surface area (Å²) in [6.07, 6.45) is 1.77. The lowest BCUT2D eigenvalue weighted by Gasteiger charge is -2.09. The maximum atomic E-state index is 6.07. The van der Waals surface area contributed by atoms with Gasteiger partial charge in [0.05, 0.1) is 13.2 Å². The molecule has 0 aliphatic carbocycles. The zero-order chi connectivity index (χ0) is 13.0. The quantitative estimate of drug-likeness (QED) is 0.916.